The number of fused-ring (bicyclic) bond motifs is 1. The number of nitrogens with zero attached hydrogens (tertiary/aromatic N) is 2. The van der Waals surface area contributed by atoms with Gasteiger partial charge in [0.15, 0.2) is 16.4 Å². The summed E-state index contributed by atoms with van der Waals surface area (Å²) >= 11 is 0. The first-order chi connectivity index (χ1) is 16.1. The van der Waals surface area contributed by atoms with Gasteiger partial charge in [-0.25, -0.2) is 13.2 Å². The lowest BCUT2D eigenvalue weighted by Crippen LogP contribution is -2.51. The van der Waals surface area contributed by atoms with Gasteiger partial charge in [0.25, 0.3) is 17.7 Å². The number of imide groups is 1. The quantitative estimate of drug-likeness (QED) is 0.422. The van der Waals surface area contributed by atoms with Crippen LogP contribution in [0.3, 0.4) is 0 Å². The number of benzene rings is 1. The number of hydrogen-bond donors (Lipinski definition) is 0. The fourth-order valence-electron chi connectivity index (χ4n) is 5.31. The smallest absolute Gasteiger partial charge is 0.330 e. The van der Waals surface area contributed by atoms with E-state index in [0.717, 1.165) is 30.6 Å². The zero-order valence-electron chi connectivity index (χ0n) is 19.4. The first kappa shape index (κ1) is 24.4. The molecule has 3 aliphatic rings. The van der Waals surface area contributed by atoms with Crippen LogP contribution in [0.4, 0.5) is 0 Å². The van der Waals surface area contributed by atoms with Crippen LogP contribution in [0.1, 0.15) is 66.7 Å². The highest BCUT2D eigenvalue weighted by molar-refractivity contribution is 7.91. The summed E-state index contributed by atoms with van der Waals surface area (Å²) in [7, 11) is -3.19. The molecule has 1 aromatic carbocycles. The van der Waals surface area contributed by atoms with E-state index in [4.69, 9.17) is 4.74 Å². The van der Waals surface area contributed by atoms with Crippen LogP contribution in [0.15, 0.2) is 24.3 Å². The lowest BCUT2D eigenvalue weighted by molar-refractivity contribution is -0.158. The monoisotopic (exact) mass is 490 g/mol. The molecule has 184 valence electrons. The summed E-state index contributed by atoms with van der Waals surface area (Å²) < 4.78 is 29.4. The van der Waals surface area contributed by atoms with Gasteiger partial charge in [-0.3, -0.25) is 19.3 Å². The topological polar surface area (TPSA) is 118 Å². The fourth-order valence-corrected chi connectivity index (χ4v) is 7.02. The van der Waals surface area contributed by atoms with E-state index in [9.17, 15) is 27.6 Å². The number of amides is 3. The first-order valence-corrected chi connectivity index (χ1v) is 13.6. The fraction of sp³-hybridized carbons (Fsp3) is 0.583. The molecular weight excluding hydrogens is 460 g/mol. The SMILES string of the molecule is CC(C)C(C(=O)OCC(=O)N(C1CCCC1)C1CCS(=O)(=O)C1)N1C(=O)c2ccccc2C1=O. The number of carbonyl (C=O) groups is 4. The molecule has 1 aromatic rings. The average molecular weight is 491 g/mol. The molecule has 10 heteroatoms. The van der Waals surface area contributed by atoms with E-state index in [1.54, 1.807) is 30.9 Å². The van der Waals surface area contributed by atoms with Crippen LogP contribution >= 0.6 is 0 Å². The second-order valence-corrected chi connectivity index (χ2v) is 11.8. The summed E-state index contributed by atoms with van der Waals surface area (Å²) in [5.41, 5.74) is 0.466. The van der Waals surface area contributed by atoms with Crippen molar-refractivity contribution in [3.05, 3.63) is 35.4 Å². The Kier molecular flexibility index (Phi) is 6.80. The molecule has 9 nitrogen and oxygen atoms in total. The number of esters is 1. The van der Waals surface area contributed by atoms with Gasteiger partial charge < -0.3 is 9.64 Å². The average Bonchev–Trinajstić information content (AvgIpc) is 3.49. The molecule has 3 amide bonds. The van der Waals surface area contributed by atoms with Crippen LogP contribution in [0, 0.1) is 5.92 Å². The molecule has 2 aliphatic heterocycles. The molecule has 34 heavy (non-hydrogen) atoms. The van der Waals surface area contributed by atoms with E-state index >= 15 is 0 Å². The van der Waals surface area contributed by atoms with E-state index in [1.165, 1.54) is 12.1 Å². The van der Waals surface area contributed by atoms with Gasteiger partial charge in [-0.15, -0.1) is 0 Å². The Morgan fingerprint density at radius 1 is 1.03 bits per heavy atom. The molecular formula is C24H30N2O7S. The Morgan fingerprint density at radius 2 is 1.62 bits per heavy atom. The van der Waals surface area contributed by atoms with Gasteiger partial charge >= 0.3 is 5.97 Å². The van der Waals surface area contributed by atoms with Gasteiger partial charge in [0, 0.05) is 12.1 Å². The Hall–Kier alpha value is -2.75. The Labute approximate surface area is 199 Å². The van der Waals surface area contributed by atoms with E-state index < -0.39 is 58.1 Å². The van der Waals surface area contributed by atoms with Gasteiger partial charge in [0.1, 0.15) is 6.04 Å². The normalized spacial score (nSPS) is 22.8. The van der Waals surface area contributed by atoms with Crippen LogP contribution in [-0.2, 0) is 24.2 Å². The maximum atomic E-state index is 13.2. The van der Waals surface area contributed by atoms with Crippen molar-refractivity contribution in [2.45, 2.75) is 64.1 Å². The minimum atomic E-state index is -3.19. The summed E-state index contributed by atoms with van der Waals surface area (Å²) in [6.07, 6.45) is 3.88. The van der Waals surface area contributed by atoms with Crippen molar-refractivity contribution < 1.29 is 32.3 Å². The van der Waals surface area contributed by atoms with Gasteiger partial charge in [-0.1, -0.05) is 38.8 Å². The summed E-state index contributed by atoms with van der Waals surface area (Å²) in [4.78, 5) is 54.5. The van der Waals surface area contributed by atoms with Crippen molar-refractivity contribution in [3.63, 3.8) is 0 Å². The zero-order chi connectivity index (χ0) is 24.6. The largest absolute Gasteiger partial charge is 0.454 e. The molecule has 4 rings (SSSR count). The molecule has 0 bridgehead atoms. The van der Waals surface area contributed by atoms with Gasteiger partial charge in [0.05, 0.1) is 22.6 Å². The maximum Gasteiger partial charge on any atom is 0.330 e. The number of carbonyl (C=O) groups excluding carboxylic acids is 4. The molecule has 2 fully saturated rings. The minimum Gasteiger partial charge on any atom is -0.454 e. The molecule has 0 radical (unpaired) electrons. The first-order valence-electron chi connectivity index (χ1n) is 11.8. The van der Waals surface area contributed by atoms with Crippen molar-refractivity contribution in [1.82, 2.24) is 9.80 Å². The summed E-state index contributed by atoms with van der Waals surface area (Å²) in [5.74, 6) is -2.86. The highest BCUT2D eigenvalue weighted by atomic mass is 32.2. The highest BCUT2D eigenvalue weighted by Gasteiger charge is 2.45. The molecule has 1 saturated carbocycles. The van der Waals surface area contributed by atoms with Crippen molar-refractivity contribution in [1.29, 1.82) is 0 Å². The van der Waals surface area contributed by atoms with Crippen molar-refractivity contribution in [2.24, 2.45) is 5.92 Å². The third-order valence-corrected chi connectivity index (χ3v) is 8.67. The van der Waals surface area contributed by atoms with Crippen molar-refractivity contribution >= 4 is 33.5 Å². The molecule has 1 saturated heterocycles. The lowest BCUT2D eigenvalue weighted by atomic mass is 10.0. The van der Waals surface area contributed by atoms with Gasteiger partial charge in [-0.2, -0.15) is 0 Å². The molecule has 0 spiro atoms. The van der Waals surface area contributed by atoms with E-state index in [2.05, 4.69) is 0 Å². The van der Waals surface area contributed by atoms with E-state index in [1.807, 2.05) is 0 Å². The third-order valence-electron chi connectivity index (χ3n) is 6.92. The van der Waals surface area contributed by atoms with E-state index in [-0.39, 0.29) is 28.7 Å². The second kappa shape index (κ2) is 9.48. The van der Waals surface area contributed by atoms with Crippen LogP contribution in [0.5, 0.6) is 0 Å². The number of ether oxygens (including phenoxy) is 1. The molecule has 1 aliphatic carbocycles. The Balaban J connectivity index is 1.48. The molecule has 0 N–H and O–H groups in total. The Morgan fingerprint density at radius 3 is 2.12 bits per heavy atom. The van der Waals surface area contributed by atoms with Crippen molar-refractivity contribution in [2.75, 3.05) is 18.1 Å². The van der Waals surface area contributed by atoms with Crippen LogP contribution in [-0.4, -0.2) is 78.1 Å². The molecule has 2 heterocycles. The van der Waals surface area contributed by atoms with Crippen LogP contribution < -0.4 is 0 Å². The second-order valence-electron chi connectivity index (χ2n) is 9.62. The Bertz CT molecular complexity index is 1070. The van der Waals surface area contributed by atoms with Gasteiger partial charge in [0.2, 0.25) is 0 Å². The third kappa shape index (κ3) is 4.60. The summed E-state index contributed by atoms with van der Waals surface area (Å²) in [6.45, 7) is 2.84. The molecule has 2 atom stereocenters. The van der Waals surface area contributed by atoms with Crippen LogP contribution in [0.25, 0.3) is 0 Å². The minimum absolute atomic E-state index is 0.0448. The lowest BCUT2D eigenvalue weighted by Gasteiger charge is -2.34. The maximum absolute atomic E-state index is 13.2. The predicted molar refractivity (Wildman–Crippen MR) is 123 cm³/mol. The molecule has 0 aromatic heterocycles. The number of sulfone groups is 1. The molecule has 2 unspecified atom stereocenters. The van der Waals surface area contributed by atoms with Gasteiger partial charge in [-0.05, 0) is 37.3 Å². The standard InChI is InChI=1S/C24H30N2O7S/c1-15(2)21(26-22(28)18-9-5-6-10-19(18)23(26)29)24(30)33-13-20(27)25(16-7-3-4-8-16)17-11-12-34(31,32)14-17/h5-6,9-10,15-17,21H,3-4,7-8,11-14H2,1-2H3. The van der Waals surface area contributed by atoms with Crippen molar-refractivity contribution in [3.8, 4) is 0 Å². The number of rotatable bonds is 7. The summed E-state index contributed by atoms with van der Waals surface area (Å²) in [6, 6.07) is 4.71. The number of hydrogen-bond acceptors (Lipinski definition) is 7. The highest BCUT2D eigenvalue weighted by Crippen LogP contribution is 2.30. The van der Waals surface area contributed by atoms with E-state index in [0.29, 0.717) is 6.42 Å². The predicted octanol–water partition coefficient (Wildman–Crippen LogP) is 1.81. The van der Waals surface area contributed by atoms with Crippen LogP contribution in [0.2, 0.25) is 0 Å². The summed E-state index contributed by atoms with van der Waals surface area (Å²) in [5, 5.41) is 0. The zero-order valence-corrected chi connectivity index (χ0v) is 20.3.